The summed E-state index contributed by atoms with van der Waals surface area (Å²) in [6.07, 6.45) is 7.38. The van der Waals surface area contributed by atoms with Gasteiger partial charge in [0, 0.05) is 42.9 Å². The van der Waals surface area contributed by atoms with Gasteiger partial charge in [0.1, 0.15) is 11.1 Å². The molecule has 2 aliphatic rings. The molecule has 1 amide bonds. The molecule has 1 saturated heterocycles. The van der Waals surface area contributed by atoms with Gasteiger partial charge in [-0.25, -0.2) is 4.98 Å². The average Bonchev–Trinajstić information content (AvgIpc) is 3.16. The van der Waals surface area contributed by atoms with E-state index in [0.29, 0.717) is 6.54 Å². The first-order chi connectivity index (χ1) is 13.0. The van der Waals surface area contributed by atoms with Gasteiger partial charge in [-0.2, -0.15) is 10.4 Å². The second-order valence-corrected chi connectivity index (χ2v) is 7.75. The van der Waals surface area contributed by atoms with Crippen molar-refractivity contribution in [3.05, 3.63) is 30.7 Å². The van der Waals surface area contributed by atoms with Crippen LogP contribution >= 0.6 is 0 Å². The number of pyridine rings is 1. The van der Waals surface area contributed by atoms with Crippen molar-refractivity contribution in [3.63, 3.8) is 0 Å². The van der Waals surface area contributed by atoms with E-state index in [2.05, 4.69) is 21.1 Å². The maximum Gasteiger partial charge on any atom is 0.248 e. The number of fused-ring (bicyclic) bond motifs is 1. The Labute approximate surface area is 156 Å². The normalized spacial score (nSPS) is 25.3. The van der Waals surface area contributed by atoms with Crippen molar-refractivity contribution in [1.82, 2.24) is 19.7 Å². The molecule has 2 atom stereocenters. The fraction of sp³-hybridized carbons (Fsp3) is 0.400. The first-order valence-electron chi connectivity index (χ1n) is 9.24. The van der Waals surface area contributed by atoms with E-state index >= 15 is 0 Å². The van der Waals surface area contributed by atoms with Gasteiger partial charge in [-0.15, -0.1) is 0 Å². The molecule has 4 heterocycles. The highest BCUT2D eigenvalue weighted by molar-refractivity contribution is 6.08. The van der Waals surface area contributed by atoms with Crippen LogP contribution in [-0.4, -0.2) is 32.2 Å². The van der Waals surface area contributed by atoms with E-state index in [1.54, 1.807) is 22.0 Å². The molecule has 1 aliphatic carbocycles. The Morgan fingerprint density at radius 1 is 1.41 bits per heavy atom. The van der Waals surface area contributed by atoms with Gasteiger partial charge in [0.2, 0.25) is 5.91 Å². The zero-order valence-corrected chi connectivity index (χ0v) is 15.3. The van der Waals surface area contributed by atoms with Crippen LogP contribution in [0.4, 0.5) is 5.69 Å². The van der Waals surface area contributed by atoms with Gasteiger partial charge in [-0.1, -0.05) is 6.92 Å². The summed E-state index contributed by atoms with van der Waals surface area (Å²) in [6.45, 7) is 2.59. The molecule has 1 aliphatic heterocycles. The number of carbonyl (C=O) groups excluding carboxylic acids is 1. The van der Waals surface area contributed by atoms with Crippen molar-refractivity contribution in [2.45, 2.75) is 19.8 Å². The van der Waals surface area contributed by atoms with E-state index in [4.69, 9.17) is 0 Å². The summed E-state index contributed by atoms with van der Waals surface area (Å²) in [5.74, 6) is 0.156. The third-order valence-corrected chi connectivity index (χ3v) is 6.05. The molecule has 27 heavy (non-hydrogen) atoms. The van der Waals surface area contributed by atoms with E-state index in [1.165, 1.54) is 0 Å². The Balaban J connectivity index is 1.60. The molecule has 3 aromatic heterocycles. The number of anilines is 1. The number of aryl methyl sites for hydroxylation is 1. The van der Waals surface area contributed by atoms with Crippen LogP contribution in [0.1, 0.15) is 19.8 Å². The molecule has 1 saturated carbocycles. The number of nitriles is 1. The van der Waals surface area contributed by atoms with Crippen molar-refractivity contribution >= 4 is 22.6 Å². The van der Waals surface area contributed by atoms with Gasteiger partial charge in [-0.05, 0) is 30.9 Å². The van der Waals surface area contributed by atoms with Crippen molar-refractivity contribution < 1.29 is 4.79 Å². The Bertz CT molecular complexity index is 1100. The van der Waals surface area contributed by atoms with Crippen molar-refractivity contribution in [2.75, 3.05) is 11.4 Å². The van der Waals surface area contributed by atoms with E-state index in [-0.39, 0.29) is 17.7 Å². The zero-order valence-electron chi connectivity index (χ0n) is 15.3. The molecule has 0 unspecified atom stereocenters. The Morgan fingerprint density at radius 2 is 2.22 bits per heavy atom. The molecule has 136 valence electrons. The number of H-pyrrole nitrogens is 1. The standard InChI is InChI=1S/C20H20N6O/c1-12-9-26(19(27)20(12,11-21)14-3-4-14)17-5-6-22-18-15(17)7-16(24-18)13-8-23-25(2)10-13/h5-8,10,12,14H,3-4,9H2,1-2H3,(H,22,24)/t12-,20+/m1/s1. The predicted octanol–water partition coefficient (Wildman–Crippen LogP) is 2.87. The second-order valence-electron chi connectivity index (χ2n) is 7.75. The molecule has 1 N–H and O–H groups in total. The minimum Gasteiger partial charge on any atom is -0.339 e. The van der Waals surface area contributed by atoms with E-state index in [9.17, 15) is 10.1 Å². The SMILES string of the molecule is C[C@@H]1CN(c2ccnc3[nH]c(-c4cnn(C)c4)cc23)C(=O)[C@]1(C#N)C1CC1. The number of hydrogen-bond donors (Lipinski definition) is 1. The second kappa shape index (κ2) is 5.43. The van der Waals surface area contributed by atoms with Crippen molar-refractivity contribution in [3.8, 4) is 17.3 Å². The first kappa shape index (κ1) is 16.1. The maximum atomic E-state index is 13.3. The number of amides is 1. The monoisotopic (exact) mass is 360 g/mol. The van der Waals surface area contributed by atoms with Crippen molar-refractivity contribution in [2.24, 2.45) is 24.3 Å². The van der Waals surface area contributed by atoms with Crippen LogP contribution < -0.4 is 4.90 Å². The van der Waals surface area contributed by atoms with Crippen LogP contribution in [0.3, 0.4) is 0 Å². The minimum absolute atomic E-state index is 0.0162. The molecule has 0 spiro atoms. The van der Waals surface area contributed by atoms with E-state index in [0.717, 1.165) is 40.8 Å². The summed E-state index contributed by atoms with van der Waals surface area (Å²) in [6, 6.07) is 6.27. The Morgan fingerprint density at radius 3 is 2.89 bits per heavy atom. The lowest BCUT2D eigenvalue weighted by atomic mass is 9.75. The summed E-state index contributed by atoms with van der Waals surface area (Å²) < 4.78 is 1.75. The molecule has 7 nitrogen and oxygen atoms in total. The number of hydrogen-bond acceptors (Lipinski definition) is 4. The molecule has 0 aromatic carbocycles. The van der Waals surface area contributed by atoms with Crippen LogP contribution in [0.15, 0.2) is 30.7 Å². The van der Waals surface area contributed by atoms with E-state index < -0.39 is 5.41 Å². The summed E-state index contributed by atoms with van der Waals surface area (Å²) in [5, 5.41) is 15.0. The van der Waals surface area contributed by atoms with Crippen LogP contribution in [0.25, 0.3) is 22.3 Å². The number of aromatic nitrogens is 4. The average molecular weight is 360 g/mol. The topological polar surface area (TPSA) is 90.6 Å². The lowest BCUT2D eigenvalue weighted by Gasteiger charge is -2.23. The fourth-order valence-corrected chi connectivity index (χ4v) is 4.47. The molecular weight excluding hydrogens is 340 g/mol. The summed E-state index contributed by atoms with van der Waals surface area (Å²) in [7, 11) is 1.87. The molecular formula is C20H20N6O. The smallest absolute Gasteiger partial charge is 0.248 e. The van der Waals surface area contributed by atoms with Crippen LogP contribution in [0.5, 0.6) is 0 Å². The van der Waals surface area contributed by atoms with Crippen LogP contribution in [-0.2, 0) is 11.8 Å². The summed E-state index contributed by atoms with van der Waals surface area (Å²) >= 11 is 0. The third kappa shape index (κ3) is 2.16. The number of aromatic amines is 1. The molecule has 0 bridgehead atoms. The largest absolute Gasteiger partial charge is 0.339 e. The number of nitrogens with zero attached hydrogens (tertiary/aromatic N) is 5. The van der Waals surface area contributed by atoms with Crippen molar-refractivity contribution in [1.29, 1.82) is 5.26 Å². The van der Waals surface area contributed by atoms with Gasteiger partial charge in [0.25, 0.3) is 0 Å². The molecule has 7 heteroatoms. The first-order valence-corrected chi connectivity index (χ1v) is 9.24. The predicted molar refractivity (Wildman–Crippen MR) is 101 cm³/mol. The van der Waals surface area contributed by atoms with Crippen LogP contribution in [0.2, 0.25) is 0 Å². The van der Waals surface area contributed by atoms with Gasteiger partial charge in [-0.3, -0.25) is 9.48 Å². The van der Waals surface area contributed by atoms with E-state index in [1.807, 2.05) is 32.3 Å². The minimum atomic E-state index is -0.877. The number of nitrogens with one attached hydrogen (secondary N) is 1. The lowest BCUT2D eigenvalue weighted by molar-refractivity contribution is -0.124. The molecule has 0 radical (unpaired) electrons. The highest BCUT2D eigenvalue weighted by Gasteiger charge is 2.61. The number of rotatable bonds is 3. The number of carbonyl (C=O) groups is 1. The Kier molecular flexibility index (Phi) is 3.23. The summed E-state index contributed by atoms with van der Waals surface area (Å²) in [5.41, 5.74) is 2.55. The van der Waals surface area contributed by atoms with Crippen LogP contribution in [0, 0.1) is 28.6 Å². The maximum absolute atomic E-state index is 13.3. The lowest BCUT2D eigenvalue weighted by Crippen LogP contribution is -2.37. The quantitative estimate of drug-likeness (QED) is 0.777. The van der Waals surface area contributed by atoms with Gasteiger partial charge in [0.15, 0.2) is 0 Å². The molecule has 5 rings (SSSR count). The van der Waals surface area contributed by atoms with Gasteiger partial charge in [0.05, 0.1) is 23.6 Å². The van der Waals surface area contributed by atoms with Gasteiger partial charge < -0.3 is 9.88 Å². The Hall–Kier alpha value is -3.14. The molecule has 3 aromatic rings. The van der Waals surface area contributed by atoms with Gasteiger partial charge >= 0.3 is 0 Å². The fourth-order valence-electron chi connectivity index (χ4n) is 4.47. The summed E-state index contributed by atoms with van der Waals surface area (Å²) in [4.78, 5) is 22.9. The zero-order chi connectivity index (χ0) is 18.8. The third-order valence-electron chi connectivity index (χ3n) is 6.05. The highest BCUT2D eigenvalue weighted by atomic mass is 16.2. The highest BCUT2D eigenvalue weighted by Crippen LogP contribution is 2.54. The molecule has 2 fully saturated rings.